The highest BCUT2D eigenvalue weighted by Crippen LogP contribution is 2.32. The third-order valence-electron chi connectivity index (χ3n) is 6.95. The zero-order valence-corrected chi connectivity index (χ0v) is 22.7. The van der Waals surface area contributed by atoms with E-state index in [0.29, 0.717) is 34.8 Å². The molecule has 1 aliphatic carbocycles. The Morgan fingerprint density at radius 3 is 2.44 bits per heavy atom. The highest BCUT2D eigenvalue weighted by Gasteiger charge is 2.30. The van der Waals surface area contributed by atoms with E-state index in [9.17, 15) is 31.9 Å². The van der Waals surface area contributed by atoms with Gasteiger partial charge in [0.05, 0.1) is 11.3 Å². The molecule has 43 heavy (non-hydrogen) atoms. The molecule has 1 N–H and O–H groups in total. The maximum Gasteiger partial charge on any atom is 0.416 e. The van der Waals surface area contributed by atoms with Gasteiger partial charge in [-0.15, -0.1) is 0 Å². The largest absolute Gasteiger partial charge is 0.478 e. The second kappa shape index (κ2) is 12.4. The van der Waals surface area contributed by atoms with Gasteiger partial charge < -0.3 is 9.67 Å². The first-order valence-electron chi connectivity index (χ1n) is 13.3. The van der Waals surface area contributed by atoms with Gasteiger partial charge in [0.1, 0.15) is 18.3 Å². The van der Waals surface area contributed by atoms with Gasteiger partial charge in [0.25, 0.3) is 0 Å². The van der Waals surface area contributed by atoms with Crippen molar-refractivity contribution < 1.29 is 31.9 Å². The number of carboxylic acid groups (broad SMARTS) is 1. The minimum atomic E-state index is -4.43. The predicted octanol–water partition coefficient (Wildman–Crippen LogP) is 8.91. The highest BCUT2D eigenvalue weighted by molar-refractivity contribution is 5.87. The fourth-order valence-electron chi connectivity index (χ4n) is 4.63. The van der Waals surface area contributed by atoms with Gasteiger partial charge in [-0.05, 0) is 65.1 Å². The summed E-state index contributed by atoms with van der Waals surface area (Å²) in [5.74, 6) is -1.10. The highest BCUT2D eigenvalue weighted by atomic mass is 19.4. The minimum absolute atomic E-state index is 0.0780. The molecule has 1 aliphatic rings. The van der Waals surface area contributed by atoms with Gasteiger partial charge in [-0.25, -0.2) is 18.6 Å². The fourth-order valence-corrected chi connectivity index (χ4v) is 4.63. The van der Waals surface area contributed by atoms with Crippen LogP contribution in [0.25, 0.3) is 34.5 Å². The quantitative estimate of drug-likeness (QED) is 0.209. The number of benzene rings is 3. The number of carboxylic acids is 1. The van der Waals surface area contributed by atoms with Gasteiger partial charge in [-0.2, -0.15) is 13.2 Å². The fraction of sp³-hybridized carbons (Fsp3) is 0.118. The Kier molecular flexibility index (Phi) is 8.52. The molecule has 0 radical (unpaired) electrons. The predicted molar refractivity (Wildman–Crippen MR) is 156 cm³/mol. The number of allylic oxidation sites excluding steroid dienone is 5. The number of carbonyl (C=O) groups is 1. The molecule has 1 heterocycles. The first-order valence-corrected chi connectivity index (χ1v) is 13.3. The van der Waals surface area contributed by atoms with E-state index in [1.807, 2.05) is 10.6 Å². The van der Waals surface area contributed by atoms with E-state index in [1.165, 1.54) is 24.3 Å². The maximum absolute atomic E-state index is 13.9. The van der Waals surface area contributed by atoms with E-state index in [-0.39, 0.29) is 17.6 Å². The van der Waals surface area contributed by atoms with Crippen molar-refractivity contribution in [3.8, 4) is 22.4 Å². The molecule has 1 aromatic heterocycles. The molecule has 218 valence electrons. The zero-order chi connectivity index (χ0) is 30.6. The van der Waals surface area contributed by atoms with Crippen LogP contribution in [-0.4, -0.2) is 20.6 Å². The first-order chi connectivity index (χ1) is 20.6. The number of halogens is 5. The van der Waals surface area contributed by atoms with Crippen LogP contribution < -0.4 is 0 Å². The van der Waals surface area contributed by atoms with E-state index < -0.39 is 30.2 Å². The van der Waals surface area contributed by atoms with E-state index in [1.54, 1.807) is 66.9 Å². The third kappa shape index (κ3) is 7.06. The molecule has 9 heteroatoms. The molecular formula is C34H25F5N2O2. The number of imidazole rings is 1. The average Bonchev–Trinajstić information content (AvgIpc) is 3.23. The Hall–Kier alpha value is -5.05. The smallest absolute Gasteiger partial charge is 0.416 e. The number of rotatable bonds is 8. The molecule has 0 fully saturated rings. The van der Waals surface area contributed by atoms with E-state index >= 15 is 0 Å². The lowest BCUT2D eigenvalue weighted by Gasteiger charge is -2.09. The maximum atomic E-state index is 13.9. The monoisotopic (exact) mass is 588 g/mol. The van der Waals surface area contributed by atoms with Crippen LogP contribution in [0.4, 0.5) is 22.0 Å². The van der Waals surface area contributed by atoms with Gasteiger partial charge in [0, 0.05) is 29.4 Å². The normalized spacial score (nSPS) is 13.6. The summed E-state index contributed by atoms with van der Waals surface area (Å²) in [5, 5.41) is 9.33. The van der Waals surface area contributed by atoms with Gasteiger partial charge in [-0.1, -0.05) is 66.8 Å². The van der Waals surface area contributed by atoms with Crippen molar-refractivity contribution in [2.24, 2.45) is 0 Å². The SMILES string of the molecule is O=C(O)C1=CC=C(Cn2cc(-c3ccc(F)c(CF)c3)nc2/C=C/c2ccc(-c3cccc(C(F)(F)F)c3)cc2)C=CC1. The van der Waals surface area contributed by atoms with Crippen molar-refractivity contribution in [3.05, 3.63) is 137 Å². The van der Waals surface area contributed by atoms with Crippen LogP contribution in [0.5, 0.6) is 0 Å². The Balaban J connectivity index is 1.45. The number of aromatic nitrogens is 2. The Morgan fingerprint density at radius 2 is 1.72 bits per heavy atom. The molecule has 0 spiro atoms. The zero-order valence-electron chi connectivity index (χ0n) is 22.7. The van der Waals surface area contributed by atoms with Crippen molar-refractivity contribution in [1.29, 1.82) is 0 Å². The lowest BCUT2D eigenvalue weighted by atomic mass is 10.0. The molecule has 0 bridgehead atoms. The number of hydrogen-bond donors (Lipinski definition) is 1. The van der Waals surface area contributed by atoms with Crippen molar-refractivity contribution in [2.45, 2.75) is 25.8 Å². The van der Waals surface area contributed by atoms with E-state index in [2.05, 4.69) is 0 Å². The van der Waals surface area contributed by atoms with Crippen molar-refractivity contribution >= 4 is 18.1 Å². The molecule has 5 rings (SSSR count). The summed E-state index contributed by atoms with van der Waals surface area (Å²) < 4.78 is 68.5. The third-order valence-corrected chi connectivity index (χ3v) is 6.95. The van der Waals surface area contributed by atoms with Crippen molar-refractivity contribution in [3.63, 3.8) is 0 Å². The van der Waals surface area contributed by atoms with Crippen LogP contribution in [0, 0.1) is 5.82 Å². The Labute approximate surface area is 244 Å². The van der Waals surface area contributed by atoms with Gasteiger partial charge in [0.15, 0.2) is 0 Å². The summed E-state index contributed by atoms with van der Waals surface area (Å²) in [6.45, 7) is -0.613. The van der Waals surface area contributed by atoms with Crippen LogP contribution in [0.3, 0.4) is 0 Å². The topological polar surface area (TPSA) is 55.1 Å². The summed E-state index contributed by atoms with van der Waals surface area (Å²) in [7, 11) is 0. The Bertz CT molecular complexity index is 1780. The number of alkyl halides is 4. The van der Waals surface area contributed by atoms with Gasteiger partial charge in [-0.3, -0.25) is 0 Å². The van der Waals surface area contributed by atoms with Crippen LogP contribution in [0.2, 0.25) is 0 Å². The standard InChI is InChI=1S/C34H25F5N2O2/c35-19-28-17-27(14-15-30(28)36)31-21-41(20-23-3-1-4-25(13-9-23)33(42)43)32(40-31)16-10-22-7-11-24(12-8-22)26-5-2-6-29(18-26)34(37,38)39/h1-3,5-18,21H,4,19-20H2,(H,42,43)/b16-10+. The molecule has 0 atom stereocenters. The van der Waals surface area contributed by atoms with Gasteiger partial charge in [0.2, 0.25) is 0 Å². The van der Waals surface area contributed by atoms with Crippen molar-refractivity contribution in [1.82, 2.24) is 9.55 Å². The number of hydrogen-bond acceptors (Lipinski definition) is 2. The van der Waals surface area contributed by atoms with Crippen LogP contribution in [0.1, 0.15) is 28.9 Å². The van der Waals surface area contributed by atoms with Gasteiger partial charge >= 0.3 is 12.1 Å². The van der Waals surface area contributed by atoms with Crippen LogP contribution in [0.15, 0.2) is 108 Å². The molecule has 0 saturated heterocycles. The molecule has 0 saturated carbocycles. The first kappa shape index (κ1) is 29.4. The van der Waals surface area contributed by atoms with Crippen molar-refractivity contribution in [2.75, 3.05) is 0 Å². The summed E-state index contributed by atoms with van der Waals surface area (Å²) in [5.41, 5.74) is 3.17. The average molecular weight is 589 g/mol. The second-order valence-corrected chi connectivity index (χ2v) is 9.93. The Morgan fingerprint density at radius 1 is 0.953 bits per heavy atom. The summed E-state index contributed by atoms with van der Waals surface area (Å²) in [6, 6.07) is 16.3. The summed E-state index contributed by atoms with van der Waals surface area (Å²) in [4.78, 5) is 16.1. The molecule has 0 amide bonds. The number of aliphatic carboxylic acids is 1. The molecule has 3 aromatic carbocycles. The second-order valence-electron chi connectivity index (χ2n) is 9.93. The number of nitrogens with zero attached hydrogens (tertiary/aromatic N) is 2. The molecule has 4 nitrogen and oxygen atoms in total. The molecule has 0 unspecified atom stereocenters. The molecule has 0 aliphatic heterocycles. The van der Waals surface area contributed by atoms with Crippen LogP contribution >= 0.6 is 0 Å². The molecule has 4 aromatic rings. The summed E-state index contributed by atoms with van der Waals surface area (Å²) >= 11 is 0. The molecular weight excluding hydrogens is 563 g/mol. The lowest BCUT2D eigenvalue weighted by Crippen LogP contribution is -2.04. The van der Waals surface area contributed by atoms with E-state index in [4.69, 9.17) is 4.98 Å². The summed E-state index contributed by atoms with van der Waals surface area (Å²) in [6.07, 6.45) is 8.07. The van der Waals surface area contributed by atoms with E-state index in [0.717, 1.165) is 23.3 Å². The van der Waals surface area contributed by atoms with Crippen LogP contribution in [-0.2, 0) is 24.2 Å². The lowest BCUT2D eigenvalue weighted by molar-refractivity contribution is -0.137. The minimum Gasteiger partial charge on any atom is -0.478 e.